The van der Waals surface area contributed by atoms with Crippen LogP contribution < -0.4 is 0 Å². The molecular weight excluding hydrogens is 220 g/mol. The van der Waals surface area contributed by atoms with Gasteiger partial charge in [-0.25, -0.2) is 0 Å². The van der Waals surface area contributed by atoms with E-state index in [-0.39, 0.29) is 17.5 Å². The van der Waals surface area contributed by atoms with Gasteiger partial charge in [0.05, 0.1) is 13.0 Å². The highest BCUT2D eigenvalue weighted by atomic mass is 16.5. The summed E-state index contributed by atoms with van der Waals surface area (Å²) < 4.78 is 4.75. The molecule has 0 aliphatic heterocycles. The lowest BCUT2D eigenvalue weighted by molar-refractivity contribution is -0.142. The van der Waals surface area contributed by atoms with E-state index in [1.54, 1.807) is 0 Å². The highest BCUT2D eigenvalue weighted by Crippen LogP contribution is 2.30. The molecule has 1 atom stereocenters. The Morgan fingerprint density at radius 1 is 1.24 bits per heavy atom. The number of phenols is 2. The first-order valence-corrected chi connectivity index (χ1v) is 5.54. The van der Waals surface area contributed by atoms with Gasteiger partial charge >= 0.3 is 5.97 Å². The van der Waals surface area contributed by atoms with Crippen molar-refractivity contribution in [3.63, 3.8) is 0 Å². The molecule has 0 spiro atoms. The topological polar surface area (TPSA) is 66.8 Å². The minimum atomic E-state index is -0.460. The lowest BCUT2D eigenvalue weighted by Crippen LogP contribution is -2.16. The van der Waals surface area contributed by atoms with Crippen LogP contribution in [0.1, 0.15) is 31.7 Å². The Balaban J connectivity index is 3.07. The van der Waals surface area contributed by atoms with Crippen molar-refractivity contribution in [1.82, 2.24) is 0 Å². The summed E-state index contributed by atoms with van der Waals surface area (Å²) in [7, 11) is 1.33. The average Bonchev–Trinajstić information content (AvgIpc) is 2.23. The first kappa shape index (κ1) is 13.4. The number of phenolic OH excluding ortho intramolecular Hbond substituents is 2. The molecule has 2 N–H and O–H groups in total. The summed E-state index contributed by atoms with van der Waals surface area (Å²) in [5.74, 6) is -0.624. The number of rotatable bonds is 4. The fourth-order valence-corrected chi connectivity index (χ4v) is 1.80. The van der Waals surface area contributed by atoms with Gasteiger partial charge in [0.25, 0.3) is 0 Å². The third-order valence-corrected chi connectivity index (χ3v) is 2.52. The summed E-state index contributed by atoms with van der Waals surface area (Å²) in [6.07, 6.45) is 0.607. The second-order valence-corrected chi connectivity index (χ2v) is 4.49. The predicted octanol–water partition coefficient (Wildman–Crippen LogP) is 2.40. The smallest absolute Gasteiger partial charge is 0.313 e. The molecule has 0 aliphatic rings. The molecule has 0 fully saturated rings. The van der Waals surface area contributed by atoms with E-state index in [2.05, 4.69) is 0 Å². The van der Waals surface area contributed by atoms with Gasteiger partial charge in [-0.3, -0.25) is 4.79 Å². The molecule has 1 aromatic carbocycles. The Kier molecular flexibility index (Phi) is 4.37. The maximum absolute atomic E-state index is 11.7. The highest BCUT2D eigenvalue weighted by Gasteiger charge is 2.23. The van der Waals surface area contributed by atoms with Crippen LogP contribution >= 0.6 is 0 Å². The van der Waals surface area contributed by atoms with E-state index < -0.39 is 5.92 Å². The van der Waals surface area contributed by atoms with E-state index in [1.807, 2.05) is 13.8 Å². The fourth-order valence-electron chi connectivity index (χ4n) is 1.80. The van der Waals surface area contributed by atoms with Crippen LogP contribution in [-0.4, -0.2) is 23.3 Å². The summed E-state index contributed by atoms with van der Waals surface area (Å²) in [6, 6.07) is 4.18. The number of esters is 1. The standard InChI is InChI=1S/C13H18O4/c1-8(2)4-12(13(16)17-3)9-5-10(14)7-11(15)6-9/h5-8,12,14-15H,4H2,1-3H3. The van der Waals surface area contributed by atoms with Gasteiger partial charge in [-0.2, -0.15) is 0 Å². The molecule has 1 aromatic rings. The van der Waals surface area contributed by atoms with Crippen LogP contribution in [0.4, 0.5) is 0 Å². The molecule has 0 saturated carbocycles. The summed E-state index contributed by atoms with van der Waals surface area (Å²) in [5.41, 5.74) is 0.572. The average molecular weight is 238 g/mol. The summed E-state index contributed by atoms with van der Waals surface area (Å²) in [6.45, 7) is 4.00. The second kappa shape index (κ2) is 5.57. The maximum Gasteiger partial charge on any atom is 0.313 e. The van der Waals surface area contributed by atoms with Gasteiger partial charge < -0.3 is 14.9 Å². The molecule has 4 nitrogen and oxygen atoms in total. The van der Waals surface area contributed by atoms with E-state index in [1.165, 1.54) is 25.3 Å². The molecule has 0 radical (unpaired) electrons. The highest BCUT2D eigenvalue weighted by molar-refractivity contribution is 5.78. The van der Waals surface area contributed by atoms with E-state index in [4.69, 9.17) is 4.74 Å². The Morgan fingerprint density at radius 3 is 2.18 bits per heavy atom. The molecule has 17 heavy (non-hydrogen) atoms. The summed E-state index contributed by atoms with van der Waals surface area (Å²) in [5, 5.41) is 18.8. The molecule has 0 amide bonds. The zero-order chi connectivity index (χ0) is 13.0. The summed E-state index contributed by atoms with van der Waals surface area (Å²) in [4.78, 5) is 11.7. The first-order chi connectivity index (χ1) is 7.93. The number of benzene rings is 1. The fraction of sp³-hybridized carbons (Fsp3) is 0.462. The number of ether oxygens (including phenoxy) is 1. The number of carbonyl (C=O) groups excluding carboxylic acids is 1. The van der Waals surface area contributed by atoms with Crippen LogP contribution in [0.3, 0.4) is 0 Å². The Hall–Kier alpha value is -1.71. The van der Waals surface area contributed by atoms with Crippen LogP contribution in [0.5, 0.6) is 11.5 Å². The molecule has 0 aliphatic carbocycles. The number of carbonyl (C=O) groups is 1. The Labute approximate surface area is 101 Å². The zero-order valence-electron chi connectivity index (χ0n) is 10.3. The maximum atomic E-state index is 11.7. The van der Waals surface area contributed by atoms with Gasteiger partial charge in [0.1, 0.15) is 11.5 Å². The lowest BCUT2D eigenvalue weighted by atomic mass is 9.90. The van der Waals surface area contributed by atoms with Crippen LogP contribution in [0, 0.1) is 5.92 Å². The van der Waals surface area contributed by atoms with E-state index in [0.29, 0.717) is 17.9 Å². The van der Waals surface area contributed by atoms with Crippen molar-refractivity contribution < 1.29 is 19.7 Å². The molecule has 94 valence electrons. The van der Waals surface area contributed by atoms with Gasteiger partial charge in [0.2, 0.25) is 0 Å². The van der Waals surface area contributed by atoms with Gasteiger partial charge in [0, 0.05) is 6.07 Å². The SMILES string of the molecule is COC(=O)C(CC(C)C)c1cc(O)cc(O)c1. The molecule has 1 rings (SSSR count). The predicted molar refractivity (Wildman–Crippen MR) is 64.0 cm³/mol. The second-order valence-electron chi connectivity index (χ2n) is 4.49. The largest absolute Gasteiger partial charge is 0.508 e. The minimum absolute atomic E-state index is 0.0577. The van der Waals surface area contributed by atoms with E-state index in [9.17, 15) is 15.0 Å². The van der Waals surface area contributed by atoms with Gasteiger partial charge in [-0.05, 0) is 30.0 Å². The van der Waals surface area contributed by atoms with Crippen LogP contribution in [0.15, 0.2) is 18.2 Å². The minimum Gasteiger partial charge on any atom is -0.508 e. The molecule has 0 aromatic heterocycles. The van der Waals surface area contributed by atoms with Crippen molar-refractivity contribution in [3.05, 3.63) is 23.8 Å². The van der Waals surface area contributed by atoms with Crippen molar-refractivity contribution in [2.75, 3.05) is 7.11 Å². The van der Waals surface area contributed by atoms with E-state index >= 15 is 0 Å². The Bertz CT molecular complexity index is 378. The van der Waals surface area contributed by atoms with Gasteiger partial charge in [-0.15, -0.1) is 0 Å². The molecule has 4 heteroatoms. The third-order valence-electron chi connectivity index (χ3n) is 2.52. The molecule has 0 saturated heterocycles. The van der Waals surface area contributed by atoms with Crippen molar-refractivity contribution in [1.29, 1.82) is 0 Å². The van der Waals surface area contributed by atoms with Gasteiger partial charge in [-0.1, -0.05) is 13.8 Å². The van der Waals surface area contributed by atoms with Crippen molar-refractivity contribution in [3.8, 4) is 11.5 Å². The summed E-state index contributed by atoms with van der Waals surface area (Å²) >= 11 is 0. The molecule has 1 unspecified atom stereocenters. The van der Waals surface area contributed by atoms with Crippen molar-refractivity contribution >= 4 is 5.97 Å². The zero-order valence-corrected chi connectivity index (χ0v) is 10.3. The number of aromatic hydroxyl groups is 2. The van der Waals surface area contributed by atoms with Crippen molar-refractivity contribution in [2.45, 2.75) is 26.2 Å². The van der Waals surface area contributed by atoms with Crippen LogP contribution in [0.2, 0.25) is 0 Å². The first-order valence-electron chi connectivity index (χ1n) is 5.54. The van der Waals surface area contributed by atoms with Gasteiger partial charge in [0.15, 0.2) is 0 Å². The van der Waals surface area contributed by atoms with Crippen LogP contribution in [0.25, 0.3) is 0 Å². The van der Waals surface area contributed by atoms with Crippen molar-refractivity contribution in [2.24, 2.45) is 5.92 Å². The number of methoxy groups -OCH3 is 1. The quantitative estimate of drug-likeness (QED) is 0.790. The number of hydrogen-bond donors (Lipinski definition) is 2. The Morgan fingerprint density at radius 2 is 1.76 bits per heavy atom. The van der Waals surface area contributed by atoms with E-state index in [0.717, 1.165) is 0 Å². The van der Waals surface area contributed by atoms with Crippen LogP contribution in [-0.2, 0) is 9.53 Å². The lowest BCUT2D eigenvalue weighted by Gasteiger charge is -2.17. The molecule has 0 bridgehead atoms. The third kappa shape index (κ3) is 3.66. The molecule has 0 heterocycles. The molecular formula is C13H18O4. The monoisotopic (exact) mass is 238 g/mol. The number of hydrogen-bond acceptors (Lipinski definition) is 4. The normalized spacial score (nSPS) is 12.5.